The van der Waals surface area contributed by atoms with Crippen LogP contribution in [0.15, 0.2) is 70.9 Å². The second-order valence-electron chi connectivity index (χ2n) is 9.38. The van der Waals surface area contributed by atoms with Crippen molar-refractivity contribution >= 4 is 27.3 Å². The molecule has 0 saturated carbocycles. The van der Waals surface area contributed by atoms with Crippen LogP contribution in [-0.4, -0.2) is 69.6 Å². The quantitative estimate of drug-likeness (QED) is 0.373. The Morgan fingerprint density at radius 1 is 1.11 bits per heavy atom. The number of sulfonamides is 1. The van der Waals surface area contributed by atoms with E-state index in [-0.39, 0.29) is 42.6 Å². The van der Waals surface area contributed by atoms with Crippen LogP contribution in [0.1, 0.15) is 29.3 Å². The molecule has 1 saturated heterocycles. The summed E-state index contributed by atoms with van der Waals surface area (Å²) in [4.78, 5) is 16.9. The number of methoxy groups -OCH3 is 1. The Kier molecular flexibility index (Phi) is 8.32. The number of thiophene rings is 1. The minimum Gasteiger partial charge on any atom is -0.497 e. The lowest BCUT2D eigenvalue weighted by molar-refractivity contribution is -0.135. The molecular formula is C28H32N2O6S2. The van der Waals surface area contributed by atoms with Gasteiger partial charge < -0.3 is 19.1 Å². The van der Waals surface area contributed by atoms with Crippen molar-refractivity contribution < 1.29 is 27.4 Å². The zero-order chi connectivity index (χ0) is 26.5. The molecule has 10 heteroatoms. The Morgan fingerprint density at radius 3 is 2.61 bits per heavy atom. The molecule has 2 unspecified atom stereocenters. The largest absolute Gasteiger partial charge is 0.497 e. The van der Waals surface area contributed by atoms with E-state index in [4.69, 9.17) is 14.2 Å². The van der Waals surface area contributed by atoms with E-state index in [9.17, 15) is 13.2 Å². The minimum atomic E-state index is -3.95. The third-order valence-corrected chi connectivity index (χ3v) is 9.83. The Labute approximate surface area is 227 Å². The maximum absolute atomic E-state index is 13.8. The average Bonchev–Trinajstić information content (AvgIpc) is 3.64. The highest BCUT2D eigenvalue weighted by Crippen LogP contribution is 2.34. The molecule has 3 heterocycles. The molecule has 202 valence electrons. The highest BCUT2D eigenvalue weighted by molar-refractivity contribution is 7.89. The molecule has 0 N–H and O–H groups in total. The molecular weight excluding hydrogens is 524 g/mol. The first-order valence-electron chi connectivity index (χ1n) is 12.7. The molecule has 3 aromatic rings. The van der Waals surface area contributed by atoms with Crippen LogP contribution in [0.2, 0.25) is 0 Å². The van der Waals surface area contributed by atoms with E-state index < -0.39 is 10.0 Å². The van der Waals surface area contributed by atoms with Gasteiger partial charge in [-0.15, -0.1) is 11.3 Å². The SMILES string of the molecule is COc1ccc(S(=O)(=O)N(CC(=O)N2CCc3sccc3C2COc2ccccc2)CC2CCCO2)cc1. The topological polar surface area (TPSA) is 85.4 Å². The summed E-state index contributed by atoms with van der Waals surface area (Å²) in [5.74, 6) is 1.04. The number of hydrogen-bond donors (Lipinski definition) is 0. The minimum absolute atomic E-state index is 0.117. The number of carbonyl (C=O) groups excluding carboxylic acids is 1. The van der Waals surface area contributed by atoms with Crippen LogP contribution < -0.4 is 9.47 Å². The number of ether oxygens (including phenoxy) is 3. The van der Waals surface area contributed by atoms with E-state index in [1.807, 2.05) is 41.8 Å². The molecule has 0 spiro atoms. The summed E-state index contributed by atoms with van der Waals surface area (Å²) in [6.45, 7) is 1.25. The monoisotopic (exact) mass is 556 g/mol. The van der Waals surface area contributed by atoms with E-state index in [0.29, 0.717) is 18.9 Å². The zero-order valence-electron chi connectivity index (χ0n) is 21.3. The van der Waals surface area contributed by atoms with Gasteiger partial charge in [-0.2, -0.15) is 4.31 Å². The number of nitrogens with zero attached hydrogens (tertiary/aromatic N) is 2. The lowest BCUT2D eigenvalue weighted by Gasteiger charge is -2.37. The molecule has 2 atom stereocenters. The van der Waals surface area contributed by atoms with Crippen LogP contribution in [0.4, 0.5) is 0 Å². The number of benzene rings is 2. The highest BCUT2D eigenvalue weighted by atomic mass is 32.2. The number of rotatable bonds is 10. The zero-order valence-corrected chi connectivity index (χ0v) is 23.0. The smallest absolute Gasteiger partial charge is 0.243 e. The summed E-state index contributed by atoms with van der Waals surface area (Å²) < 4.78 is 45.7. The van der Waals surface area contributed by atoms with Gasteiger partial charge in [0, 0.05) is 24.6 Å². The summed E-state index contributed by atoms with van der Waals surface area (Å²) in [6, 6.07) is 17.5. The van der Waals surface area contributed by atoms with Gasteiger partial charge in [-0.1, -0.05) is 18.2 Å². The molecule has 1 amide bonds. The van der Waals surface area contributed by atoms with Gasteiger partial charge in [0.1, 0.15) is 18.1 Å². The fourth-order valence-corrected chi connectivity index (χ4v) is 7.32. The van der Waals surface area contributed by atoms with Gasteiger partial charge in [-0.05, 0) is 72.7 Å². The third kappa shape index (κ3) is 5.88. The van der Waals surface area contributed by atoms with Crippen molar-refractivity contribution in [3.63, 3.8) is 0 Å². The standard InChI is InChI=1S/C28H32N2O6S2/c1-34-21-9-11-24(12-10-21)38(32,33)29(18-23-8-5-16-35-23)19-28(31)30-15-13-27-25(14-17-37-27)26(30)20-36-22-6-3-2-4-7-22/h2-4,6-7,9-12,14,17,23,26H,5,8,13,15-16,18-20H2,1H3. The fourth-order valence-electron chi connectivity index (χ4n) is 4.97. The van der Waals surface area contributed by atoms with Crippen molar-refractivity contribution in [3.8, 4) is 11.5 Å². The predicted molar refractivity (Wildman–Crippen MR) is 145 cm³/mol. The lowest BCUT2D eigenvalue weighted by atomic mass is 10.0. The molecule has 0 bridgehead atoms. The first-order valence-corrected chi connectivity index (χ1v) is 15.1. The van der Waals surface area contributed by atoms with Crippen molar-refractivity contribution in [3.05, 3.63) is 76.5 Å². The van der Waals surface area contributed by atoms with Crippen LogP contribution in [-0.2, 0) is 26.0 Å². The van der Waals surface area contributed by atoms with Crippen LogP contribution in [0, 0.1) is 0 Å². The van der Waals surface area contributed by atoms with E-state index >= 15 is 0 Å². The third-order valence-electron chi connectivity index (χ3n) is 7.01. The van der Waals surface area contributed by atoms with Crippen molar-refractivity contribution in [2.75, 3.05) is 40.0 Å². The number of hydrogen-bond acceptors (Lipinski definition) is 7. The van der Waals surface area contributed by atoms with Crippen molar-refractivity contribution in [2.24, 2.45) is 0 Å². The normalized spacial score (nSPS) is 19.4. The molecule has 1 fully saturated rings. The summed E-state index contributed by atoms with van der Waals surface area (Å²) in [7, 11) is -2.42. The molecule has 38 heavy (non-hydrogen) atoms. The van der Waals surface area contributed by atoms with Gasteiger partial charge in [0.2, 0.25) is 15.9 Å². The van der Waals surface area contributed by atoms with Gasteiger partial charge in [0.25, 0.3) is 0 Å². The first kappa shape index (κ1) is 26.7. The van der Waals surface area contributed by atoms with Gasteiger partial charge in [-0.25, -0.2) is 8.42 Å². The van der Waals surface area contributed by atoms with E-state index in [1.54, 1.807) is 28.4 Å². The second-order valence-corrected chi connectivity index (χ2v) is 12.3. The first-order chi connectivity index (χ1) is 18.5. The summed E-state index contributed by atoms with van der Waals surface area (Å²) >= 11 is 1.68. The van der Waals surface area contributed by atoms with E-state index in [0.717, 1.165) is 30.6 Å². The Balaban J connectivity index is 1.38. The summed E-state index contributed by atoms with van der Waals surface area (Å²) in [5.41, 5.74) is 1.06. The van der Waals surface area contributed by atoms with Crippen LogP contribution in [0.5, 0.6) is 11.5 Å². The Bertz CT molecular complexity index is 1320. The Hall–Kier alpha value is -2.92. The molecule has 1 aromatic heterocycles. The number of fused-ring (bicyclic) bond motifs is 1. The average molecular weight is 557 g/mol. The number of amides is 1. The van der Waals surface area contributed by atoms with Crippen molar-refractivity contribution in [1.29, 1.82) is 0 Å². The molecule has 0 radical (unpaired) electrons. The molecule has 2 aliphatic heterocycles. The van der Waals surface area contributed by atoms with E-state index in [1.165, 1.54) is 28.4 Å². The summed E-state index contributed by atoms with van der Waals surface area (Å²) in [6.07, 6.45) is 2.13. The van der Waals surface area contributed by atoms with Crippen LogP contribution >= 0.6 is 11.3 Å². The maximum Gasteiger partial charge on any atom is 0.243 e. The van der Waals surface area contributed by atoms with Gasteiger partial charge in [0.05, 0.1) is 30.7 Å². The van der Waals surface area contributed by atoms with Crippen LogP contribution in [0.3, 0.4) is 0 Å². The maximum atomic E-state index is 13.8. The number of para-hydroxylation sites is 1. The molecule has 2 aliphatic rings. The Morgan fingerprint density at radius 2 is 1.89 bits per heavy atom. The van der Waals surface area contributed by atoms with Crippen LogP contribution in [0.25, 0.3) is 0 Å². The highest BCUT2D eigenvalue weighted by Gasteiger charge is 2.36. The van der Waals surface area contributed by atoms with E-state index in [2.05, 4.69) is 0 Å². The van der Waals surface area contributed by atoms with Gasteiger partial charge in [-0.3, -0.25) is 4.79 Å². The van der Waals surface area contributed by atoms with Crippen molar-refractivity contribution in [2.45, 2.75) is 36.3 Å². The second kappa shape index (κ2) is 11.9. The summed E-state index contributed by atoms with van der Waals surface area (Å²) in [5, 5.41) is 2.03. The predicted octanol–water partition coefficient (Wildman–Crippen LogP) is 4.13. The van der Waals surface area contributed by atoms with Crippen molar-refractivity contribution in [1.82, 2.24) is 9.21 Å². The molecule has 2 aromatic carbocycles. The molecule has 0 aliphatic carbocycles. The molecule has 5 rings (SSSR count). The number of carbonyl (C=O) groups is 1. The molecule has 8 nitrogen and oxygen atoms in total. The van der Waals surface area contributed by atoms with Gasteiger partial charge >= 0.3 is 0 Å². The van der Waals surface area contributed by atoms with Gasteiger partial charge in [0.15, 0.2) is 0 Å². The fraction of sp³-hybridized carbons (Fsp3) is 0.393. The lowest BCUT2D eigenvalue weighted by Crippen LogP contribution is -2.49.